The fourth-order valence-corrected chi connectivity index (χ4v) is 3.60. The van der Waals surface area contributed by atoms with E-state index in [1.807, 2.05) is 0 Å². The van der Waals surface area contributed by atoms with Gasteiger partial charge in [0.2, 0.25) is 0 Å². The van der Waals surface area contributed by atoms with E-state index in [4.69, 9.17) is 0 Å². The average Bonchev–Trinajstić information content (AvgIpc) is 2.54. The number of nitrogens with zero attached hydrogens (tertiary/aromatic N) is 3. The molecule has 1 saturated carbocycles. The minimum absolute atomic E-state index is 0.129. The number of nitro benzene ring substituents is 2. The van der Waals surface area contributed by atoms with E-state index in [9.17, 15) is 20.2 Å². The van der Waals surface area contributed by atoms with E-state index in [1.54, 1.807) is 6.21 Å². The summed E-state index contributed by atoms with van der Waals surface area (Å²) in [5, 5.41) is 25.9. The van der Waals surface area contributed by atoms with Crippen molar-refractivity contribution in [2.75, 3.05) is 5.43 Å². The third kappa shape index (κ3) is 2.64. The van der Waals surface area contributed by atoms with Gasteiger partial charge in [-0.05, 0) is 41.7 Å². The summed E-state index contributed by atoms with van der Waals surface area (Å²) in [6.45, 7) is 4.50. The van der Waals surface area contributed by atoms with Crippen LogP contribution in [0.4, 0.5) is 17.1 Å². The molecule has 8 nitrogen and oxygen atoms in total. The molecule has 2 atom stereocenters. The Bertz CT molecular complexity index is 769. The van der Waals surface area contributed by atoms with E-state index in [-0.39, 0.29) is 22.5 Å². The van der Waals surface area contributed by atoms with Gasteiger partial charge in [-0.3, -0.25) is 25.7 Å². The van der Waals surface area contributed by atoms with E-state index in [0.29, 0.717) is 5.92 Å². The van der Waals surface area contributed by atoms with Gasteiger partial charge in [-0.2, -0.15) is 5.10 Å². The number of non-ortho nitro benzene ring substituents is 1. The number of fused-ring (bicyclic) bond motifs is 1. The summed E-state index contributed by atoms with van der Waals surface area (Å²) in [5.74, 6) is 1.19. The van der Waals surface area contributed by atoms with Crippen LogP contribution in [0.5, 0.6) is 0 Å². The molecule has 1 aromatic carbocycles. The SMILES string of the molecule is CC1(C)[C@H]2CC=C(/C=N\Nc3ccc([N+](=O)[O-])cc3[N+](=O)[O-])[C@H]1C2. The third-order valence-corrected chi connectivity index (χ3v) is 5.30. The van der Waals surface area contributed by atoms with Crippen LogP contribution < -0.4 is 5.43 Å². The lowest BCUT2D eigenvalue weighted by Gasteiger charge is -2.55. The summed E-state index contributed by atoms with van der Waals surface area (Å²) in [4.78, 5) is 20.5. The van der Waals surface area contributed by atoms with Crippen molar-refractivity contribution >= 4 is 23.3 Å². The topological polar surface area (TPSA) is 111 Å². The molecule has 8 heteroatoms. The minimum atomic E-state index is -0.665. The molecule has 0 spiro atoms. The molecule has 24 heavy (non-hydrogen) atoms. The molecule has 0 unspecified atom stereocenters. The zero-order valence-electron chi connectivity index (χ0n) is 13.4. The lowest BCUT2D eigenvalue weighted by molar-refractivity contribution is -0.393. The standard InChI is InChI=1S/C16H18N4O4/c1-16(2)11-4-3-10(13(16)7-11)9-17-18-14-6-5-12(19(21)22)8-15(14)20(23)24/h3,5-6,8-9,11,13,18H,4,7H2,1-2H3/b17-9-/t11-,13+/m0/s1. The highest BCUT2D eigenvalue weighted by Gasteiger charge is 2.50. The normalized spacial score (nSPS) is 24.2. The maximum Gasteiger partial charge on any atom is 0.301 e. The number of nitrogens with one attached hydrogen (secondary N) is 1. The van der Waals surface area contributed by atoms with Crippen molar-refractivity contribution < 1.29 is 9.85 Å². The van der Waals surface area contributed by atoms with Gasteiger partial charge in [-0.1, -0.05) is 19.9 Å². The zero-order valence-corrected chi connectivity index (χ0v) is 13.4. The van der Waals surface area contributed by atoms with Crippen LogP contribution in [0.3, 0.4) is 0 Å². The molecule has 2 bridgehead atoms. The fraction of sp³-hybridized carbons (Fsp3) is 0.438. The number of anilines is 1. The van der Waals surface area contributed by atoms with Gasteiger partial charge in [0.15, 0.2) is 0 Å². The predicted octanol–water partition coefficient (Wildman–Crippen LogP) is 3.89. The zero-order chi connectivity index (χ0) is 17.5. The van der Waals surface area contributed by atoms with Crippen molar-refractivity contribution in [1.82, 2.24) is 0 Å². The molecule has 0 aromatic heterocycles. The molecular weight excluding hydrogens is 312 g/mol. The molecule has 0 saturated heterocycles. The molecule has 126 valence electrons. The molecule has 3 aliphatic rings. The van der Waals surface area contributed by atoms with Crippen molar-refractivity contribution in [1.29, 1.82) is 0 Å². The van der Waals surface area contributed by atoms with Gasteiger partial charge in [0.05, 0.1) is 22.1 Å². The van der Waals surface area contributed by atoms with E-state index in [1.165, 1.54) is 12.1 Å². The Labute approximate surface area is 138 Å². The fourth-order valence-electron chi connectivity index (χ4n) is 3.60. The molecule has 1 N–H and O–H groups in total. The Kier molecular flexibility index (Phi) is 3.82. The van der Waals surface area contributed by atoms with Crippen molar-refractivity contribution in [3.05, 3.63) is 50.1 Å². The smallest absolute Gasteiger partial charge is 0.272 e. The molecule has 0 radical (unpaired) electrons. The molecule has 3 aliphatic carbocycles. The Morgan fingerprint density at radius 3 is 2.62 bits per heavy atom. The first kappa shape index (κ1) is 16.1. The summed E-state index contributed by atoms with van der Waals surface area (Å²) in [6.07, 6.45) is 6.05. The van der Waals surface area contributed by atoms with Gasteiger partial charge in [0.25, 0.3) is 5.69 Å². The van der Waals surface area contributed by atoms with E-state index in [2.05, 4.69) is 30.5 Å². The maximum absolute atomic E-state index is 11.1. The van der Waals surface area contributed by atoms with Crippen LogP contribution in [0, 0.1) is 37.5 Å². The third-order valence-electron chi connectivity index (χ3n) is 5.30. The number of benzene rings is 1. The summed E-state index contributed by atoms with van der Waals surface area (Å²) in [7, 11) is 0. The molecule has 4 rings (SSSR count). The first-order chi connectivity index (χ1) is 11.3. The highest BCUT2D eigenvalue weighted by atomic mass is 16.6. The first-order valence-electron chi connectivity index (χ1n) is 7.72. The van der Waals surface area contributed by atoms with E-state index >= 15 is 0 Å². The average molecular weight is 330 g/mol. The molecular formula is C16H18N4O4. The van der Waals surface area contributed by atoms with Crippen LogP contribution in [0.1, 0.15) is 26.7 Å². The monoisotopic (exact) mass is 330 g/mol. The second kappa shape index (κ2) is 5.70. The van der Waals surface area contributed by atoms with Gasteiger partial charge in [-0.15, -0.1) is 0 Å². The Hall–Kier alpha value is -2.77. The first-order valence-corrected chi connectivity index (χ1v) is 7.72. The Balaban J connectivity index is 1.76. The van der Waals surface area contributed by atoms with Crippen LogP contribution in [-0.4, -0.2) is 16.1 Å². The van der Waals surface area contributed by atoms with E-state index < -0.39 is 9.85 Å². The second-order valence-corrected chi connectivity index (χ2v) is 6.83. The minimum Gasteiger partial charge on any atom is -0.272 e. The molecule has 0 heterocycles. The molecule has 1 fully saturated rings. The second-order valence-electron chi connectivity index (χ2n) is 6.83. The van der Waals surface area contributed by atoms with Crippen LogP contribution in [0.15, 0.2) is 34.9 Å². The largest absolute Gasteiger partial charge is 0.301 e. The van der Waals surface area contributed by atoms with Crippen molar-refractivity contribution in [3.8, 4) is 0 Å². The molecule has 1 aromatic rings. The van der Waals surface area contributed by atoms with Gasteiger partial charge < -0.3 is 0 Å². The number of hydrogen-bond donors (Lipinski definition) is 1. The maximum atomic E-state index is 11.1. The number of hydrazone groups is 1. The number of rotatable bonds is 5. The highest BCUT2D eigenvalue weighted by Crippen LogP contribution is 2.58. The molecule has 0 aliphatic heterocycles. The molecule has 0 amide bonds. The van der Waals surface area contributed by atoms with Gasteiger partial charge in [-0.25, -0.2) is 0 Å². The number of nitro groups is 2. The number of allylic oxidation sites excluding steroid dienone is 2. The van der Waals surface area contributed by atoms with Crippen molar-refractivity contribution in [2.24, 2.45) is 22.4 Å². The van der Waals surface area contributed by atoms with E-state index in [0.717, 1.165) is 30.4 Å². The lowest BCUT2D eigenvalue weighted by Crippen LogP contribution is -2.48. The quantitative estimate of drug-likeness (QED) is 0.500. The van der Waals surface area contributed by atoms with Gasteiger partial charge in [0.1, 0.15) is 5.69 Å². The summed E-state index contributed by atoms with van der Waals surface area (Å²) in [5.41, 5.74) is 3.48. The van der Waals surface area contributed by atoms with Gasteiger partial charge in [0, 0.05) is 6.07 Å². The van der Waals surface area contributed by atoms with Crippen LogP contribution >= 0.6 is 0 Å². The summed E-state index contributed by atoms with van der Waals surface area (Å²) < 4.78 is 0. The Morgan fingerprint density at radius 2 is 2.04 bits per heavy atom. The predicted molar refractivity (Wildman–Crippen MR) is 89.9 cm³/mol. The van der Waals surface area contributed by atoms with Crippen LogP contribution in [0.2, 0.25) is 0 Å². The van der Waals surface area contributed by atoms with Crippen molar-refractivity contribution in [2.45, 2.75) is 26.7 Å². The number of hydrogen-bond acceptors (Lipinski definition) is 6. The lowest BCUT2D eigenvalue weighted by atomic mass is 9.49. The highest BCUT2D eigenvalue weighted by molar-refractivity contribution is 5.81. The Morgan fingerprint density at radius 1 is 1.29 bits per heavy atom. The summed E-state index contributed by atoms with van der Waals surface area (Å²) in [6, 6.07) is 3.44. The van der Waals surface area contributed by atoms with Crippen LogP contribution in [0.25, 0.3) is 0 Å². The summed E-state index contributed by atoms with van der Waals surface area (Å²) >= 11 is 0. The van der Waals surface area contributed by atoms with Gasteiger partial charge >= 0.3 is 5.69 Å². The van der Waals surface area contributed by atoms with Crippen LogP contribution in [-0.2, 0) is 0 Å². The van der Waals surface area contributed by atoms with Crippen molar-refractivity contribution in [3.63, 3.8) is 0 Å².